The highest BCUT2D eigenvalue weighted by atomic mass is 16.5. The van der Waals surface area contributed by atoms with Crippen LogP contribution in [0.1, 0.15) is 44.6 Å². The quantitative estimate of drug-likeness (QED) is 0.875. The zero-order chi connectivity index (χ0) is 12.3. The summed E-state index contributed by atoms with van der Waals surface area (Å²) in [5.74, 6) is 3.27. The molecule has 0 saturated heterocycles. The van der Waals surface area contributed by atoms with Crippen LogP contribution < -0.4 is 5.73 Å². The van der Waals surface area contributed by atoms with Crippen molar-refractivity contribution >= 4 is 0 Å². The number of hydrogen-bond acceptors (Lipinski definition) is 3. The highest BCUT2D eigenvalue weighted by Crippen LogP contribution is 2.30. The van der Waals surface area contributed by atoms with Crippen LogP contribution in [0.15, 0.2) is 16.5 Å². The molecule has 0 bridgehead atoms. The lowest BCUT2D eigenvalue weighted by molar-refractivity contribution is -0.0159. The van der Waals surface area contributed by atoms with E-state index in [1.54, 1.807) is 0 Å². The van der Waals surface area contributed by atoms with Crippen LogP contribution in [0.4, 0.5) is 0 Å². The molecule has 0 aromatic carbocycles. The van der Waals surface area contributed by atoms with E-state index in [-0.39, 0.29) is 0 Å². The van der Waals surface area contributed by atoms with E-state index in [4.69, 9.17) is 14.9 Å². The van der Waals surface area contributed by atoms with Crippen molar-refractivity contribution in [1.82, 2.24) is 0 Å². The fraction of sp³-hybridized carbons (Fsp3) is 0.714. The smallest absolute Gasteiger partial charge is 0.129 e. The number of rotatable bonds is 4. The minimum atomic E-state index is 0.389. The lowest BCUT2D eigenvalue weighted by Gasteiger charge is -2.31. The molecule has 0 aliphatic heterocycles. The molecular formula is C14H23NO2. The fourth-order valence-electron chi connectivity index (χ4n) is 2.82. The second-order valence-electron chi connectivity index (χ2n) is 5.42. The Hall–Kier alpha value is -0.800. The van der Waals surface area contributed by atoms with Crippen molar-refractivity contribution in [2.75, 3.05) is 0 Å². The third kappa shape index (κ3) is 3.58. The van der Waals surface area contributed by atoms with E-state index in [1.807, 2.05) is 12.1 Å². The second-order valence-corrected chi connectivity index (χ2v) is 5.42. The first-order valence-electron chi connectivity index (χ1n) is 6.56. The van der Waals surface area contributed by atoms with Crippen LogP contribution in [0.2, 0.25) is 0 Å². The molecule has 3 nitrogen and oxygen atoms in total. The van der Waals surface area contributed by atoms with Crippen LogP contribution in [-0.4, -0.2) is 6.10 Å². The van der Waals surface area contributed by atoms with E-state index in [2.05, 4.69) is 13.8 Å². The maximum atomic E-state index is 5.93. The van der Waals surface area contributed by atoms with Gasteiger partial charge in [-0.3, -0.25) is 0 Å². The van der Waals surface area contributed by atoms with Gasteiger partial charge in [0, 0.05) is 0 Å². The minimum absolute atomic E-state index is 0.389. The summed E-state index contributed by atoms with van der Waals surface area (Å²) >= 11 is 0. The van der Waals surface area contributed by atoms with E-state index in [1.165, 1.54) is 19.3 Å². The summed E-state index contributed by atoms with van der Waals surface area (Å²) < 4.78 is 11.5. The Morgan fingerprint density at radius 1 is 1.18 bits per heavy atom. The summed E-state index contributed by atoms with van der Waals surface area (Å²) in [6.45, 7) is 5.65. The van der Waals surface area contributed by atoms with Gasteiger partial charge in [-0.15, -0.1) is 0 Å². The van der Waals surface area contributed by atoms with Gasteiger partial charge in [0.2, 0.25) is 0 Å². The third-order valence-corrected chi connectivity index (χ3v) is 3.52. The molecule has 0 amide bonds. The maximum absolute atomic E-state index is 5.93. The standard InChI is InChI=1S/C14H23NO2/c1-10-5-11(2)7-14(6-10)16-9-13-4-3-12(8-15)17-13/h3-4,10-11,14H,5-9,15H2,1-2H3. The third-order valence-electron chi connectivity index (χ3n) is 3.52. The summed E-state index contributed by atoms with van der Waals surface area (Å²) in [7, 11) is 0. The molecular weight excluding hydrogens is 214 g/mol. The normalized spacial score (nSPS) is 29.5. The molecule has 1 aromatic rings. The van der Waals surface area contributed by atoms with Crippen LogP contribution in [-0.2, 0) is 17.9 Å². The van der Waals surface area contributed by atoms with E-state index in [0.717, 1.165) is 23.4 Å². The van der Waals surface area contributed by atoms with Crippen molar-refractivity contribution in [3.8, 4) is 0 Å². The lowest BCUT2D eigenvalue weighted by atomic mass is 9.82. The Morgan fingerprint density at radius 2 is 1.82 bits per heavy atom. The zero-order valence-electron chi connectivity index (χ0n) is 10.8. The maximum Gasteiger partial charge on any atom is 0.129 e. The van der Waals surface area contributed by atoms with E-state index < -0.39 is 0 Å². The molecule has 1 fully saturated rings. The molecule has 2 rings (SSSR count). The minimum Gasteiger partial charge on any atom is -0.462 e. The van der Waals surface area contributed by atoms with Gasteiger partial charge in [0.15, 0.2) is 0 Å². The summed E-state index contributed by atoms with van der Waals surface area (Å²) in [5.41, 5.74) is 5.50. The SMILES string of the molecule is CC1CC(C)CC(OCc2ccc(CN)o2)C1. The van der Waals surface area contributed by atoms with Crippen LogP contribution in [0.5, 0.6) is 0 Å². The molecule has 1 saturated carbocycles. The molecule has 0 spiro atoms. The number of furan rings is 1. The lowest BCUT2D eigenvalue weighted by Crippen LogP contribution is -2.26. The highest BCUT2D eigenvalue weighted by Gasteiger charge is 2.24. The number of hydrogen-bond donors (Lipinski definition) is 1. The second kappa shape index (κ2) is 5.69. The number of ether oxygens (including phenoxy) is 1. The first-order valence-corrected chi connectivity index (χ1v) is 6.56. The molecule has 1 aliphatic carbocycles. The first-order chi connectivity index (χ1) is 8.17. The summed E-state index contributed by atoms with van der Waals surface area (Å²) in [5, 5.41) is 0. The monoisotopic (exact) mass is 237 g/mol. The van der Waals surface area contributed by atoms with Crippen molar-refractivity contribution in [3.63, 3.8) is 0 Å². The Kier molecular flexibility index (Phi) is 4.24. The Bertz CT molecular complexity index is 338. The zero-order valence-corrected chi connectivity index (χ0v) is 10.8. The average Bonchev–Trinajstić information content (AvgIpc) is 2.73. The van der Waals surface area contributed by atoms with Crippen molar-refractivity contribution in [2.45, 2.75) is 52.4 Å². The summed E-state index contributed by atoms with van der Waals surface area (Å²) in [4.78, 5) is 0. The van der Waals surface area contributed by atoms with Gasteiger partial charge in [0.1, 0.15) is 18.1 Å². The molecule has 2 atom stereocenters. The first kappa shape index (κ1) is 12.7. The largest absolute Gasteiger partial charge is 0.462 e. The van der Waals surface area contributed by atoms with Gasteiger partial charge in [0.25, 0.3) is 0 Å². The molecule has 0 radical (unpaired) electrons. The van der Waals surface area contributed by atoms with Crippen LogP contribution in [0.25, 0.3) is 0 Å². The predicted octanol–water partition coefficient (Wildman–Crippen LogP) is 3.08. The molecule has 17 heavy (non-hydrogen) atoms. The van der Waals surface area contributed by atoms with Gasteiger partial charge in [-0.25, -0.2) is 0 Å². The van der Waals surface area contributed by atoms with Gasteiger partial charge in [-0.05, 0) is 43.2 Å². The molecule has 3 heteroatoms. The Balaban J connectivity index is 1.81. The topological polar surface area (TPSA) is 48.4 Å². The molecule has 2 unspecified atom stereocenters. The van der Waals surface area contributed by atoms with Gasteiger partial charge in [-0.2, -0.15) is 0 Å². The average molecular weight is 237 g/mol. The van der Waals surface area contributed by atoms with Gasteiger partial charge in [-0.1, -0.05) is 13.8 Å². The molecule has 96 valence electrons. The number of nitrogens with two attached hydrogens (primary N) is 1. The summed E-state index contributed by atoms with van der Waals surface area (Å²) in [6, 6.07) is 3.88. The van der Waals surface area contributed by atoms with Crippen molar-refractivity contribution < 1.29 is 9.15 Å². The van der Waals surface area contributed by atoms with Crippen molar-refractivity contribution in [2.24, 2.45) is 17.6 Å². The summed E-state index contributed by atoms with van der Waals surface area (Å²) in [6.07, 6.45) is 4.07. The molecule has 1 aliphatic rings. The highest BCUT2D eigenvalue weighted by molar-refractivity contribution is 5.05. The van der Waals surface area contributed by atoms with Gasteiger partial charge >= 0.3 is 0 Å². The van der Waals surface area contributed by atoms with Crippen molar-refractivity contribution in [3.05, 3.63) is 23.7 Å². The molecule has 1 aromatic heterocycles. The van der Waals surface area contributed by atoms with Crippen LogP contribution in [0.3, 0.4) is 0 Å². The van der Waals surface area contributed by atoms with Crippen molar-refractivity contribution in [1.29, 1.82) is 0 Å². The fourth-order valence-corrected chi connectivity index (χ4v) is 2.82. The van der Waals surface area contributed by atoms with Crippen LogP contribution >= 0.6 is 0 Å². The van der Waals surface area contributed by atoms with Gasteiger partial charge < -0.3 is 14.9 Å². The van der Waals surface area contributed by atoms with E-state index in [0.29, 0.717) is 19.3 Å². The predicted molar refractivity (Wildman–Crippen MR) is 67.4 cm³/mol. The molecule has 1 heterocycles. The Morgan fingerprint density at radius 3 is 2.41 bits per heavy atom. The Labute approximate surface area is 103 Å². The van der Waals surface area contributed by atoms with Gasteiger partial charge in [0.05, 0.1) is 12.6 Å². The van der Waals surface area contributed by atoms with E-state index in [9.17, 15) is 0 Å². The van der Waals surface area contributed by atoms with Crippen LogP contribution in [0, 0.1) is 11.8 Å². The van der Waals surface area contributed by atoms with E-state index >= 15 is 0 Å². The molecule has 2 N–H and O–H groups in total.